The molecule has 0 spiro atoms. The van der Waals surface area contributed by atoms with Gasteiger partial charge in [0.1, 0.15) is 0 Å². The lowest BCUT2D eigenvalue weighted by molar-refractivity contribution is -0.120. The highest BCUT2D eigenvalue weighted by atomic mass is 32.1. The Morgan fingerprint density at radius 2 is 1.64 bits per heavy atom. The monoisotopic (exact) mass is 175 g/mol. The van der Waals surface area contributed by atoms with Crippen LogP contribution in [0, 0.1) is 0 Å². The van der Waals surface area contributed by atoms with Gasteiger partial charge in [-0.1, -0.05) is 0 Å². The average molecular weight is 175 g/mol. The van der Waals surface area contributed by atoms with Crippen molar-refractivity contribution in [2.24, 2.45) is 0 Å². The third-order valence-corrected chi connectivity index (χ3v) is 0.846. The summed E-state index contributed by atoms with van der Waals surface area (Å²) in [5.41, 5.74) is 4.52. The molecule has 0 aliphatic rings. The van der Waals surface area contributed by atoms with Crippen LogP contribution in [0.15, 0.2) is 0 Å². The molecule has 6 heteroatoms. The van der Waals surface area contributed by atoms with Crippen LogP contribution in [0.5, 0.6) is 0 Å². The number of hydrogen-bond donors (Lipinski definition) is 3. The van der Waals surface area contributed by atoms with E-state index in [9.17, 15) is 9.59 Å². The van der Waals surface area contributed by atoms with Gasteiger partial charge in [0.05, 0.1) is 0 Å². The van der Waals surface area contributed by atoms with Crippen molar-refractivity contribution in [1.82, 2.24) is 16.2 Å². The van der Waals surface area contributed by atoms with Gasteiger partial charge in [-0.3, -0.25) is 20.4 Å². The van der Waals surface area contributed by atoms with Gasteiger partial charge in [-0.15, -0.1) is 0 Å². The van der Waals surface area contributed by atoms with E-state index in [2.05, 4.69) is 28.4 Å². The molecule has 0 heterocycles. The lowest BCUT2D eigenvalue weighted by Gasteiger charge is -2.06. The Hall–Kier alpha value is -1.17. The maximum Gasteiger partial charge on any atom is 0.235 e. The van der Waals surface area contributed by atoms with Gasteiger partial charge in [0.25, 0.3) is 0 Å². The molecular formula is C5H9N3O2S. The molecule has 5 nitrogen and oxygen atoms in total. The maximum atomic E-state index is 10.3. The summed E-state index contributed by atoms with van der Waals surface area (Å²) in [7, 11) is 0. The van der Waals surface area contributed by atoms with E-state index in [1.165, 1.54) is 13.8 Å². The van der Waals surface area contributed by atoms with Gasteiger partial charge in [-0.2, -0.15) is 0 Å². The Labute approximate surface area is 69.5 Å². The molecular weight excluding hydrogens is 166 g/mol. The molecule has 2 amide bonds. The zero-order chi connectivity index (χ0) is 8.85. The van der Waals surface area contributed by atoms with Gasteiger partial charge in [-0.05, 0) is 12.2 Å². The van der Waals surface area contributed by atoms with Crippen LogP contribution in [0.3, 0.4) is 0 Å². The number of hydrogen-bond acceptors (Lipinski definition) is 3. The molecule has 0 aromatic heterocycles. The van der Waals surface area contributed by atoms with Crippen molar-refractivity contribution in [3.63, 3.8) is 0 Å². The highest BCUT2D eigenvalue weighted by Gasteiger charge is 1.96. The number of hydrazine groups is 1. The Morgan fingerprint density at radius 1 is 1.09 bits per heavy atom. The molecule has 3 N–H and O–H groups in total. The first-order valence-corrected chi connectivity index (χ1v) is 3.27. The molecule has 62 valence electrons. The first-order chi connectivity index (χ1) is 5.02. The summed E-state index contributed by atoms with van der Waals surface area (Å²) in [4.78, 5) is 20.6. The van der Waals surface area contributed by atoms with E-state index in [0.29, 0.717) is 0 Å². The van der Waals surface area contributed by atoms with Crippen molar-refractivity contribution in [1.29, 1.82) is 0 Å². The lowest BCUT2D eigenvalue weighted by Crippen LogP contribution is -2.47. The van der Waals surface area contributed by atoms with E-state index in [1.54, 1.807) is 0 Å². The van der Waals surface area contributed by atoms with Crippen LogP contribution < -0.4 is 16.2 Å². The number of carbonyl (C=O) groups is 2. The van der Waals surface area contributed by atoms with Crippen LogP contribution in [0.1, 0.15) is 13.8 Å². The Kier molecular flexibility index (Phi) is 4.12. The van der Waals surface area contributed by atoms with Gasteiger partial charge in [-0.25, -0.2) is 0 Å². The first-order valence-electron chi connectivity index (χ1n) is 2.86. The smallest absolute Gasteiger partial charge is 0.235 e. The van der Waals surface area contributed by atoms with Crippen LogP contribution >= 0.6 is 12.2 Å². The van der Waals surface area contributed by atoms with Crippen molar-refractivity contribution < 1.29 is 9.59 Å². The number of rotatable bonds is 0. The second-order valence-corrected chi connectivity index (χ2v) is 2.22. The van der Waals surface area contributed by atoms with Crippen LogP contribution in [0.25, 0.3) is 0 Å². The molecule has 0 saturated carbocycles. The van der Waals surface area contributed by atoms with Gasteiger partial charge in [0, 0.05) is 13.8 Å². The van der Waals surface area contributed by atoms with E-state index in [1.807, 2.05) is 0 Å². The Morgan fingerprint density at radius 3 is 2.00 bits per heavy atom. The summed E-state index contributed by atoms with van der Waals surface area (Å²) in [6, 6.07) is 0. The molecule has 0 atom stereocenters. The summed E-state index contributed by atoms with van der Waals surface area (Å²) in [6.45, 7) is 2.64. The van der Waals surface area contributed by atoms with Crippen LogP contribution in [0.4, 0.5) is 0 Å². The van der Waals surface area contributed by atoms with Gasteiger partial charge < -0.3 is 5.32 Å². The van der Waals surface area contributed by atoms with E-state index in [0.717, 1.165) is 0 Å². The van der Waals surface area contributed by atoms with Crippen molar-refractivity contribution in [2.75, 3.05) is 0 Å². The molecule has 0 aliphatic heterocycles. The standard InChI is InChI=1S/C5H9N3O2S/c1-3(9)6-5(11)8-7-4(2)10/h1-2H3,(H,7,10)(H2,6,8,9,11). The summed E-state index contributed by atoms with van der Waals surface area (Å²) in [5.74, 6) is -0.564. The van der Waals surface area contributed by atoms with Crippen molar-refractivity contribution in [3.8, 4) is 0 Å². The zero-order valence-corrected chi connectivity index (χ0v) is 7.04. The van der Waals surface area contributed by atoms with E-state index >= 15 is 0 Å². The Bertz CT molecular complexity index is 192. The molecule has 0 aromatic carbocycles. The largest absolute Gasteiger partial charge is 0.302 e. The minimum atomic E-state index is -0.284. The Balaban J connectivity index is 3.53. The van der Waals surface area contributed by atoms with Crippen LogP contribution in [0.2, 0.25) is 0 Å². The molecule has 0 aromatic rings. The minimum absolute atomic E-state index is 0.0766. The second-order valence-electron chi connectivity index (χ2n) is 1.82. The molecule has 0 aliphatic carbocycles. The fraction of sp³-hybridized carbons (Fsp3) is 0.400. The highest BCUT2D eigenvalue weighted by molar-refractivity contribution is 7.80. The normalized spacial score (nSPS) is 8.18. The quantitative estimate of drug-likeness (QED) is 0.328. The summed E-state index contributed by atoms with van der Waals surface area (Å²) in [5, 5.41) is 2.34. The maximum absolute atomic E-state index is 10.3. The molecule has 0 saturated heterocycles. The molecule has 0 rings (SSSR count). The zero-order valence-electron chi connectivity index (χ0n) is 6.22. The summed E-state index contributed by atoms with van der Waals surface area (Å²) >= 11 is 4.59. The van der Waals surface area contributed by atoms with E-state index in [-0.39, 0.29) is 16.9 Å². The molecule has 0 radical (unpaired) electrons. The fourth-order valence-corrected chi connectivity index (χ4v) is 0.531. The average Bonchev–Trinajstić information content (AvgIpc) is 1.82. The predicted octanol–water partition coefficient (Wildman–Crippen LogP) is -0.952. The topological polar surface area (TPSA) is 70.2 Å². The third kappa shape index (κ3) is 6.72. The lowest BCUT2D eigenvalue weighted by atomic mass is 10.7. The summed E-state index contributed by atoms with van der Waals surface area (Å²) in [6.07, 6.45) is 0. The number of amides is 2. The van der Waals surface area contributed by atoms with Crippen molar-refractivity contribution >= 4 is 29.1 Å². The van der Waals surface area contributed by atoms with E-state index in [4.69, 9.17) is 0 Å². The number of nitrogens with one attached hydrogen (secondary N) is 3. The third-order valence-electron chi connectivity index (χ3n) is 0.642. The molecule has 0 fully saturated rings. The molecule has 11 heavy (non-hydrogen) atoms. The van der Waals surface area contributed by atoms with Crippen molar-refractivity contribution in [3.05, 3.63) is 0 Å². The molecule has 0 unspecified atom stereocenters. The number of thiocarbonyl (C=S) groups is 1. The summed E-state index contributed by atoms with van der Waals surface area (Å²) < 4.78 is 0. The fourth-order valence-electron chi connectivity index (χ4n) is 0.336. The van der Waals surface area contributed by atoms with Gasteiger partial charge >= 0.3 is 0 Å². The predicted molar refractivity (Wildman–Crippen MR) is 43.4 cm³/mol. The highest BCUT2D eigenvalue weighted by Crippen LogP contribution is 1.64. The van der Waals surface area contributed by atoms with E-state index < -0.39 is 0 Å². The van der Waals surface area contributed by atoms with Gasteiger partial charge in [0.15, 0.2) is 5.11 Å². The van der Waals surface area contributed by atoms with Crippen LogP contribution in [-0.2, 0) is 9.59 Å². The second kappa shape index (κ2) is 4.62. The SMILES string of the molecule is CC(=O)NNC(=S)NC(C)=O. The minimum Gasteiger partial charge on any atom is -0.302 e. The molecule has 0 bridgehead atoms. The van der Waals surface area contributed by atoms with Gasteiger partial charge in [0.2, 0.25) is 11.8 Å². The van der Waals surface area contributed by atoms with Crippen molar-refractivity contribution in [2.45, 2.75) is 13.8 Å². The van der Waals surface area contributed by atoms with Crippen LogP contribution in [-0.4, -0.2) is 16.9 Å². The number of carbonyl (C=O) groups excluding carboxylic acids is 2. The first kappa shape index (κ1) is 9.83.